The van der Waals surface area contributed by atoms with Crippen LogP contribution in [0.5, 0.6) is 0 Å². The molecule has 1 unspecified atom stereocenters. The number of nitrogens with one attached hydrogen (secondary N) is 1. The minimum absolute atomic E-state index is 0.287. The Morgan fingerprint density at radius 2 is 1.00 bits per heavy atom. The van der Waals surface area contributed by atoms with E-state index in [1.165, 1.54) is 109 Å². The monoisotopic (exact) mass is 355 g/mol. The van der Waals surface area contributed by atoms with Gasteiger partial charge in [-0.25, -0.2) is 0 Å². The van der Waals surface area contributed by atoms with Gasteiger partial charge in [0.15, 0.2) is 0 Å². The molecule has 0 fully saturated rings. The van der Waals surface area contributed by atoms with E-state index in [-0.39, 0.29) is 6.23 Å². The highest BCUT2D eigenvalue weighted by Gasteiger charge is 2.06. The predicted octanol–water partition coefficient (Wildman–Crippen LogP) is 7.61. The molecule has 0 saturated carbocycles. The first-order valence-electron chi connectivity index (χ1n) is 11.7. The molecule has 0 aliphatic carbocycles. The Kier molecular flexibility index (Phi) is 21.9. The molecule has 1 atom stereocenters. The normalized spacial score (nSPS) is 12.6. The van der Waals surface area contributed by atoms with E-state index in [9.17, 15) is 0 Å². The summed E-state index contributed by atoms with van der Waals surface area (Å²) in [6.45, 7) is 8.70. The molecule has 2 nitrogen and oxygen atoms in total. The van der Waals surface area contributed by atoms with Gasteiger partial charge in [0.2, 0.25) is 0 Å². The molecule has 2 heteroatoms. The first-order valence-corrected chi connectivity index (χ1v) is 11.7. The third-order valence-corrected chi connectivity index (χ3v) is 5.07. The van der Waals surface area contributed by atoms with Crippen molar-refractivity contribution in [2.75, 3.05) is 13.2 Å². The lowest BCUT2D eigenvalue weighted by atomic mass is 10.1. The molecule has 0 aromatic heterocycles. The van der Waals surface area contributed by atoms with Crippen molar-refractivity contribution in [2.24, 2.45) is 0 Å². The second-order valence-corrected chi connectivity index (χ2v) is 7.66. The van der Waals surface area contributed by atoms with E-state index in [2.05, 4.69) is 26.1 Å². The van der Waals surface area contributed by atoms with Gasteiger partial charge >= 0.3 is 0 Å². The highest BCUT2D eigenvalue weighted by molar-refractivity contribution is 4.57. The molecular formula is C23H49NO. The van der Waals surface area contributed by atoms with Crippen molar-refractivity contribution in [3.8, 4) is 0 Å². The Bertz CT molecular complexity index is 232. The molecule has 0 spiro atoms. The smallest absolute Gasteiger partial charge is 0.108 e. The van der Waals surface area contributed by atoms with Crippen molar-refractivity contribution in [3.63, 3.8) is 0 Å². The zero-order valence-electron chi connectivity index (χ0n) is 17.9. The van der Waals surface area contributed by atoms with Gasteiger partial charge in [0.25, 0.3) is 0 Å². The number of hydrogen-bond acceptors (Lipinski definition) is 2. The molecule has 1 N–H and O–H groups in total. The van der Waals surface area contributed by atoms with Crippen LogP contribution in [0.1, 0.15) is 130 Å². The fourth-order valence-corrected chi connectivity index (χ4v) is 3.40. The van der Waals surface area contributed by atoms with Crippen LogP contribution in [0.25, 0.3) is 0 Å². The first kappa shape index (κ1) is 24.9. The van der Waals surface area contributed by atoms with E-state index in [0.29, 0.717) is 0 Å². The fraction of sp³-hybridized carbons (Fsp3) is 1.00. The largest absolute Gasteiger partial charge is 0.363 e. The Hall–Kier alpha value is -0.0800. The van der Waals surface area contributed by atoms with Gasteiger partial charge < -0.3 is 4.74 Å². The van der Waals surface area contributed by atoms with E-state index < -0.39 is 0 Å². The SMILES string of the molecule is CCCCCCCCCCOC(CCCCCCCCCC)NCC. The molecule has 0 bridgehead atoms. The molecule has 0 heterocycles. The fourth-order valence-electron chi connectivity index (χ4n) is 3.40. The first-order chi connectivity index (χ1) is 12.3. The molecule has 152 valence electrons. The molecule has 25 heavy (non-hydrogen) atoms. The van der Waals surface area contributed by atoms with Crippen LogP contribution in [-0.2, 0) is 4.74 Å². The molecule has 0 rings (SSSR count). The van der Waals surface area contributed by atoms with Crippen LogP contribution in [0.15, 0.2) is 0 Å². The van der Waals surface area contributed by atoms with Gasteiger partial charge in [-0.15, -0.1) is 0 Å². The predicted molar refractivity (Wildman–Crippen MR) is 113 cm³/mol. The Labute approximate surface area is 159 Å². The molecule has 0 aliphatic heterocycles. The second-order valence-electron chi connectivity index (χ2n) is 7.66. The van der Waals surface area contributed by atoms with Gasteiger partial charge in [-0.3, -0.25) is 5.32 Å². The molecule has 0 aromatic rings. The summed E-state index contributed by atoms with van der Waals surface area (Å²) in [5.74, 6) is 0. The zero-order valence-corrected chi connectivity index (χ0v) is 17.9. The number of rotatable bonds is 21. The van der Waals surface area contributed by atoms with E-state index in [1.807, 2.05) is 0 Å². The van der Waals surface area contributed by atoms with E-state index in [4.69, 9.17) is 4.74 Å². The summed E-state index contributed by atoms with van der Waals surface area (Å²) in [5.41, 5.74) is 0. The minimum Gasteiger partial charge on any atom is -0.363 e. The molecular weight excluding hydrogens is 306 g/mol. The van der Waals surface area contributed by atoms with Crippen molar-refractivity contribution in [1.29, 1.82) is 0 Å². The number of hydrogen-bond donors (Lipinski definition) is 1. The molecule has 0 saturated heterocycles. The molecule has 0 amide bonds. The second kappa shape index (κ2) is 22.0. The van der Waals surface area contributed by atoms with Crippen molar-refractivity contribution >= 4 is 0 Å². The molecule has 0 aliphatic rings. The van der Waals surface area contributed by atoms with Crippen LogP contribution >= 0.6 is 0 Å². The summed E-state index contributed by atoms with van der Waals surface area (Å²) in [6, 6.07) is 0. The topological polar surface area (TPSA) is 21.3 Å². The lowest BCUT2D eigenvalue weighted by Gasteiger charge is -2.18. The van der Waals surface area contributed by atoms with Crippen LogP contribution in [0, 0.1) is 0 Å². The lowest BCUT2D eigenvalue weighted by Crippen LogP contribution is -2.31. The van der Waals surface area contributed by atoms with Gasteiger partial charge in [0.1, 0.15) is 6.23 Å². The van der Waals surface area contributed by atoms with E-state index in [0.717, 1.165) is 13.2 Å². The Balaban J connectivity index is 3.42. The average molecular weight is 356 g/mol. The number of ether oxygens (including phenoxy) is 1. The Morgan fingerprint density at radius 1 is 0.560 bits per heavy atom. The van der Waals surface area contributed by atoms with Crippen LogP contribution in [0.4, 0.5) is 0 Å². The third kappa shape index (κ3) is 20.1. The molecule has 0 aromatic carbocycles. The van der Waals surface area contributed by atoms with Gasteiger partial charge in [0.05, 0.1) is 0 Å². The third-order valence-electron chi connectivity index (χ3n) is 5.07. The standard InChI is InChI=1S/C23H49NO/c1-4-7-9-11-13-15-17-19-21-23(24-6-3)25-22-20-18-16-14-12-10-8-5-2/h23-24H,4-22H2,1-3H3. The zero-order chi connectivity index (χ0) is 18.4. The summed E-state index contributed by atoms with van der Waals surface area (Å²) in [6.07, 6.45) is 23.6. The highest BCUT2D eigenvalue weighted by atomic mass is 16.5. The van der Waals surface area contributed by atoms with Crippen LogP contribution in [0.3, 0.4) is 0 Å². The quantitative estimate of drug-likeness (QED) is 0.169. The maximum Gasteiger partial charge on any atom is 0.108 e. The van der Waals surface area contributed by atoms with E-state index in [1.54, 1.807) is 0 Å². The van der Waals surface area contributed by atoms with Crippen molar-refractivity contribution in [1.82, 2.24) is 5.32 Å². The van der Waals surface area contributed by atoms with Gasteiger partial charge in [-0.2, -0.15) is 0 Å². The van der Waals surface area contributed by atoms with Crippen LogP contribution < -0.4 is 5.32 Å². The number of unbranched alkanes of at least 4 members (excludes halogenated alkanes) is 14. The van der Waals surface area contributed by atoms with Crippen molar-refractivity contribution in [2.45, 2.75) is 136 Å². The maximum atomic E-state index is 6.08. The summed E-state index contributed by atoms with van der Waals surface area (Å²) in [7, 11) is 0. The summed E-state index contributed by atoms with van der Waals surface area (Å²) < 4.78 is 6.08. The summed E-state index contributed by atoms with van der Waals surface area (Å²) in [5, 5.41) is 3.50. The molecule has 0 radical (unpaired) electrons. The van der Waals surface area contributed by atoms with Crippen molar-refractivity contribution < 1.29 is 4.74 Å². The highest BCUT2D eigenvalue weighted by Crippen LogP contribution is 2.12. The Morgan fingerprint density at radius 3 is 1.48 bits per heavy atom. The average Bonchev–Trinajstić information content (AvgIpc) is 2.62. The van der Waals surface area contributed by atoms with E-state index >= 15 is 0 Å². The summed E-state index contributed by atoms with van der Waals surface area (Å²) >= 11 is 0. The van der Waals surface area contributed by atoms with Crippen molar-refractivity contribution in [3.05, 3.63) is 0 Å². The maximum absolute atomic E-state index is 6.08. The van der Waals surface area contributed by atoms with Gasteiger partial charge in [0, 0.05) is 6.61 Å². The summed E-state index contributed by atoms with van der Waals surface area (Å²) in [4.78, 5) is 0. The van der Waals surface area contributed by atoms with Crippen LogP contribution in [0.2, 0.25) is 0 Å². The van der Waals surface area contributed by atoms with Gasteiger partial charge in [-0.05, 0) is 25.8 Å². The van der Waals surface area contributed by atoms with Crippen LogP contribution in [-0.4, -0.2) is 19.4 Å². The minimum atomic E-state index is 0.287. The van der Waals surface area contributed by atoms with Gasteiger partial charge in [-0.1, -0.05) is 111 Å². The lowest BCUT2D eigenvalue weighted by molar-refractivity contribution is 0.0213.